The van der Waals surface area contributed by atoms with Crippen molar-refractivity contribution < 1.29 is 18.0 Å². The predicted molar refractivity (Wildman–Crippen MR) is 140 cm³/mol. The molecule has 2 N–H and O–H groups in total. The largest absolute Gasteiger partial charge is 0.352 e. The monoisotopic (exact) mass is 505 g/mol. The van der Waals surface area contributed by atoms with Gasteiger partial charge in [0.2, 0.25) is 21.8 Å². The van der Waals surface area contributed by atoms with Crippen molar-refractivity contribution in [2.45, 2.75) is 50.6 Å². The van der Waals surface area contributed by atoms with Gasteiger partial charge in [-0.25, -0.2) is 8.42 Å². The van der Waals surface area contributed by atoms with Crippen LogP contribution in [0.5, 0.6) is 0 Å². The van der Waals surface area contributed by atoms with Crippen LogP contribution < -0.4 is 10.6 Å². The Labute approximate surface area is 212 Å². The van der Waals surface area contributed by atoms with E-state index in [1.54, 1.807) is 19.1 Å². The third-order valence-electron chi connectivity index (χ3n) is 6.42. The molecule has 188 valence electrons. The first-order valence-corrected chi connectivity index (χ1v) is 13.5. The van der Waals surface area contributed by atoms with Crippen molar-refractivity contribution in [3.63, 3.8) is 0 Å². The molecule has 0 bridgehead atoms. The Kier molecular flexibility index (Phi) is 7.86. The Hall–Kier alpha value is -3.49. The number of nitrogens with zero attached hydrogens (tertiary/aromatic N) is 1. The SMILES string of the molecule is CCC(=O)Nc1ccc(S(=O)(=O)N2CCc3ccccc3C2CC(=O)NCc2ccc(C)cc2)cc1. The van der Waals surface area contributed by atoms with Crippen molar-refractivity contribution in [1.29, 1.82) is 0 Å². The van der Waals surface area contributed by atoms with E-state index in [1.807, 2.05) is 55.5 Å². The maximum Gasteiger partial charge on any atom is 0.243 e. The molecule has 0 spiro atoms. The fourth-order valence-corrected chi connectivity index (χ4v) is 5.98. The van der Waals surface area contributed by atoms with Gasteiger partial charge in [0.25, 0.3) is 0 Å². The lowest BCUT2D eigenvalue weighted by Crippen LogP contribution is -2.42. The molecule has 2 amide bonds. The molecule has 1 heterocycles. The van der Waals surface area contributed by atoms with Crippen LogP contribution in [-0.4, -0.2) is 31.1 Å². The average molecular weight is 506 g/mol. The molecule has 0 radical (unpaired) electrons. The van der Waals surface area contributed by atoms with Crippen LogP contribution in [0.3, 0.4) is 0 Å². The number of sulfonamides is 1. The number of benzene rings is 3. The van der Waals surface area contributed by atoms with Crippen LogP contribution in [0.25, 0.3) is 0 Å². The maximum absolute atomic E-state index is 13.7. The fraction of sp³-hybridized carbons (Fsp3) is 0.286. The lowest BCUT2D eigenvalue weighted by atomic mass is 9.92. The number of carbonyl (C=O) groups excluding carboxylic acids is 2. The van der Waals surface area contributed by atoms with Crippen LogP contribution in [0, 0.1) is 6.92 Å². The summed E-state index contributed by atoms with van der Waals surface area (Å²) in [6.45, 7) is 4.42. The predicted octanol–water partition coefficient (Wildman–Crippen LogP) is 4.34. The summed E-state index contributed by atoms with van der Waals surface area (Å²) in [5.41, 5.74) is 4.57. The highest BCUT2D eigenvalue weighted by Gasteiger charge is 2.37. The van der Waals surface area contributed by atoms with Crippen molar-refractivity contribution in [3.05, 3.63) is 95.1 Å². The summed E-state index contributed by atoms with van der Waals surface area (Å²) >= 11 is 0. The van der Waals surface area contributed by atoms with Crippen molar-refractivity contribution in [3.8, 4) is 0 Å². The zero-order valence-corrected chi connectivity index (χ0v) is 21.3. The maximum atomic E-state index is 13.7. The minimum atomic E-state index is -3.88. The molecule has 8 heteroatoms. The summed E-state index contributed by atoms with van der Waals surface area (Å²) in [7, 11) is -3.88. The summed E-state index contributed by atoms with van der Waals surface area (Å²) in [5.74, 6) is -0.356. The highest BCUT2D eigenvalue weighted by Crippen LogP contribution is 2.36. The summed E-state index contributed by atoms with van der Waals surface area (Å²) in [6.07, 6.45) is 0.926. The number of amides is 2. The minimum Gasteiger partial charge on any atom is -0.352 e. The van der Waals surface area contributed by atoms with E-state index < -0.39 is 16.1 Å². The van der Waals surface area contributed by atoms with Crippen molar-refractivity contribution in [1.82, 2.24) is 9.62 Å². The Bertz CT molecular complexity index is 1340. The van der Waals surface area contributed by atoms with E-state index in [4.69, 9.17) is 0 Å². The van der Waals surface area contributed by atoms with E-state index >= 15 is 0 Å². The normalized spacial score (nSPS) is 15.7. The first-order chi connectivity index (χ1) is 17.3. The number of fused-ring (bicyclic) bond motifs is 1. The number of anilines is 1. The lowest BCUT2D eigenvalue weighted by Gasteiger charge is -2.36. The molecular weight excluding hydrogens is 474 g/mol. The standard InChI is InChI=1S/C28H31N3O4S/c1-3-27(32)30-23-12-14-24(15-13-23)36(34,35)31-17-16-22-6-4-5-7-25(22)26(31)18-28(33)29-19-21-10-8-20(2)9-11-21/h4-15,26H,3,16-19H2,1-2H3,(H,29,33)(H,30,32). The molecule has 1 atom stereocenters. The third kappa shape index (κ3) is 5.83. The zero-order chi connectivity index (χ0) is 25.7. The highest BCUT2D eigenvalue weighted by atomic mass is 32.2. The zero-order valence-electron chi connectivity index (χ0n) is 20.5. The molecule has 3 aromatic rings. The van der Waals surface area contributed by atoms with Crippen LogP contribution in [-0.2, 0) is 32.6 Å². The third-order valence-corrected chi connectivity index (χ3v) is 8.34. The van der Waals surface area contributed by atoms with Crippen LogP contribution >= 0.6 is 0 Å². The smallest absolute Gasteiger partial charge is 0.243 e. The van der Waals surface area contributed by atoms with Crippen LogP contribution in [0.15, 0.2) is 77.7 Å². The summed E-state index contributed by atoms with van der Waals surface area (Å²) in [4.78, 5) is 24.8. The average Bonchev–Trinajstić information content (AvgIpc) is 2.88. The summed E-state index contributed by atoms with van der Waals surface area (Å²) in [5, 5.41) is 5.67. The molecule has 7 nitrogen and oxygen atoms in total. The Morgan fingerprint density at radius 2 is 1.64 bits per heavy atom. The van der Waals surface area contributed by atoms with Gasteiger partial charge < -0.3 is 10.6 Å². The highest BCUT2D eigenvalue weighted by molar-refractivity contribution is 7.89. The van der Waals surface area contributed by atoms with Crippen LogP contribution in [0.4, 0.5) is 5.69 Å². The van der Waals surface area contributed by atoms with Gasteiger partial charge in [-0.1, -0.05) is 61.0 Å². The molecule has 0 aromatic heterocycles. The second-order valence-electron chi connectivity index (χ2n) is 8.97. The van der Waals surface area contributed by atoms with E-state index in [-0.39, 0.29) is 29.7 Å². The molecule has 1 aliphatic heterocycles. The molecule has 0 fully saturated rings. The van der Waals surface area contributed by atoms with E-state index in [2.05, 4.69) is 10.6 Å². The number of hydrogen-bond acceptors (Lipinski definition) is 4. The molecule has 1 unspecified atom stereocenters. The van der Waals surface area contributed by atoms with Gasteiger partial charge >= 0.3 is 0 Å². The summed E-state index contributed by atoms with van der Waals surface area (Å²) in [6, 6.07) is 21.2. The number of aryl methyl sites for hydroxylation is 1. The van der Waals surface area contributed by atoms with Crippen LogP contribution in [0.1, 0.15) is 48.1 Å². The van der Waals surface area contributed by atoms with Crippen LogP contribution in [0.2, 0.25) is 0 Å². The quantitative estimate of drug-likeness (QED) is 0.476. The second kappa shape index (κ2) is 11.1. The van der Waals surface area contributed by atoms with Gasteiger partial charge in [-0.15, -0.1) is 0 Å². The Morgan fingerprint density at radius 3 is 2.33 bits per heavy atom. The Balaban J connectivity index is 1.56. The molecule has 0 saturated heterocycles. The Morgan fingerprint density at radius 1 is 0.944 bits per heavy atom. The van der Waals surface area contributed by atoms with Gasteiger partial charge in [0.1, 0.15) is 0 Å². The van der Waals surface area contributed by atoms with E-state index in [1.165, 1.54) is 16.4 Å². The molecule has 4 rings (SSSR count). The first kappa shape index (κ1) is 25.6. The van der Waals surface area contributed by atoms with Crippen molar-refractivity contribution in [2.24, 2.45) is 0 Å². The minimum absolute atomic E-state index is 0.0206. The van der Waals surface area contributed by atoms with Gasteiger partial charge in [-0.3, -0.25) is 9.59 Å². The first-order valence-electron chi connectivity index (χ1n) is 12.1. The van der Waals surface area contributed by atoms with E-state index in [0.717, 1.165) is 22.3 Å². The number of hydrogen-bond donors (Lipinski definition) is 2. The molecule has 36 heavy (non-hydrogen) atoms. The van der Waals surface area contributed by atoms with Gasteiger partial charge in [0.15, 0.2) is 0 Å². The number of nitrogens with one attached hydrogen (secondary N) is 2. The van der Waals surface area contributed by atoms with Gasteiger partial charge in [0.05, 0.1) is 10.9 Å². The molecule has 0 aliphatic carbocycles. The molecule has 0 saturated carbocycles. The molecular formula is C28H31N3O4S. The second-order valence-corrected chi connectivity index (χ2v) is 10.9. The topological polar surface area (TPSA) is 95.6 Å². The summed E-state index contributed by atoms with van der Waals surface area (Å²) < 4.78 is 28.8. The van der Waals surface area contributed by atoms with E-state index in [9.17, 15) is 18.0 Å². The van der Waals surface area contributed by atoms with Crippen molar-refractivity contribution in [2.75, 3.05) is 11.9 Å². The number of rotatable bonds is 8. The fourth-order valence-electron chi connectivity index (χ4n) is 4.38. The molecule has 3 aromatic carbocycles. The van der Waals surface area contributed by atoms with E-state index in [0.29, 0.717) is 25.1 Å². The molecule has 1 aliphatic rings. The lowest BCUT2D eigenvalue weighted by molar-refractivity contribution is -0.122. The van der Waals surface area contributed by atoms with Gasteiger partial charge in [-0.2, -0.15) is 4.31 Å². The number of carbonyl (C=O) groups is 2. The van der Waals surface area contributed by atoms with Gasteiger partial charge in [-0.05, 0) is 54.3 Å². The van der Waals surface area contributed by atoms with Gasteiger partial charge in [0, 0.05) is 31.6 Å². The van der Waals surface area contributed by atoms with Crippen molar-refractivity contribution >= 4 is 27.5 Å².